The highest BCUT2D eigenvalue weighted by molar-refractivity contribution is 7.91. The Morgan fingerprint density at radius 1 is 1.11 bits per heavy atom. The van der Waals surface area contributed by atoms with Crippen LogP contribution in [0, 0.1) is 5.82 Å². The summed E-state index contributed by atoms with van der Waals surface area (Å²) in [4.78, 5) is 17.1. The van der Waals surface area contributed by atoms with Gasteiger partial charge in [0.25, 0.3) is 5.91 Å². The largest absolute Gasteiger partial charge is 0.433 e. The Kier molecular flexibility index (Phi) is 5.42. The van der Waals surface area contributed by atoms with Gasteiger partial charge in [-0.25, -0.2) is 12.8 Å². The number of nitrogens with zero attached hydrogens (tertiary/aromatic N) is 2. The maximum Gasteiger partial charge on any atom is 0.433 e. The van der Waals surface area contributed by atoms with Crippen LogP contribution in [0.25, 0.3) is 0 Å². The Balaban J connectivity index is 1.81. The fourth-order valence-electron chi connectivity index (χ4n) is 3.10. The van der Waals surface area contributed by atoms with E-state index in [1.165, 1.54) is 29.2 Å². The van der Waals surface area contributed by atoms with Crippen LogP contribution >= 0.6 is 0 Å². The van der Waals surface area contributed by atoms with Crippen molar-refractivity contribution < 1.29 is 30.8 Å². The first-order valence-corrected chi connectivity index (χ1v) is 10.1. The molecular formula is C18H16F4N2O3S. The fraction of sp³-hybridized carbons (Fsp3) is 0.333. The van der Waals surface area contributed by atoms with E-state index in [9.17, 15) is 30.8 Å². The van der Waals surface area contributed by atoms with Gasteiger partial charge >= 0.3 is 6.18 Å². The standard InChI is InChI=1S/C18H16F4N2O3S/c19-14-4-2-1-3-13(14)15-7-8-24(9-10-28(15,26)27)17(25)12-5-6-16(23-11-12)18(20,21)22/h1-6,11,15H,7-10H2. The van der Waals surface area contributed by atoms with Crippen molar-refractivity contribution in [3.63, 3.8) is 0 Å². The Bertz CT molecular complexity index is 975. The van der Waals surface area contributed by atoms with Gasteiger partial charge in [0.1, 0.15) is 11.5 Å². The number of carbonyl (C=O) groups is 1. The van der Waals surface area contributed by atoms with Crippen molar-refractivity contribution >= 4 is 15.7 Å². The van der Waals surface area contributed by atoms with E-state index in [1.54, 1.807) is 0 Å². The van der Waals surface area contributed by atoms with Crippen molar-refractivity contribution in [3.8, 4) is 0 Å². The normalized spacial score (nSPS) is 19.9. The number of rotatable bonds is 2. The van der Waals surface area contributed by atoms with Crippen LogP contribution in [0.1, 0.15) is 33.3 Å². The molecule has 1 fully saturated rings. The molecule has 2 aromatic rings. The Hall–Kier alpha value is -2.49. The van der Waals surface area contributed by atoms with Crippen molar-refractivity contribution in [2.24, 2.45) is 0 Å². The summed E-state index contributed by atoms with van der Waals surface area (Å²) in [5.41, 5.74) is -1.15. The SMILES string of the molecule is O=C(c1ccc(C(F)(F)F)nc1)N1CCC(c2ccccc2F)S(=O)(=O)CC1. The van der Waals surface area contributed by atoms with Gasteiger partial charge in [-0.15, -0.1) is 0 Å². The molecule has 0 radical (unpaired) electrons. The monoisotopic (exact) mass is 416 g/mol. The van der Waals surface area contributed by atoms with Crippen LogP contribution in [0.3, 0.4) is 0 Å². The fourth-order valence-corrected chi connectivity index (χ4v) is 4.90. The molecule has 5 nitrogen and oxygen atoms in total. The maximum atomic E-state index is 14.1. The molecule has 1 aromatic carbocycles. The van der Waals surface area contributed by atoms with Crippen LogP contribution in [0.2, 0.25) is 0 Å². The molecule has 1 aliphatic heterocycles. The Morgan fingerprint density at radius 3 is 2.43 bits per heavy atom. The van der Waals surface area contributed by atoms with Crippen LogP contribution in [-0.2, 0) is 16.0 Å². The molecule has 0 saturated carbocycles. The number of hydrogen-bond donors (Lipinski definition) is 0. The lowest BCUT2D eigenvalue weighted by molar-refractivity contribution is -0.141. The minimum atomic E-state index is -4.62. The quantitative estimate of drug-likeness (QED) is 0.705. The molecule has 1 aliphatic rings. The van der Waals surface area contributed by atoms with Crippen LogP contribution in [-0.4, -0.2) is 43.1 Å². The maximum absolute atomic E-state index is 14.1. The Labute approximate surface area is 158 Å². The number of sulfone groups is 1. The third-order valence-electron chi connectivity index (χ3n) is 4.58. The highest BCUT2D eigenvalue weighted by Crippen LogP contribution is 2.32. The molecule has 10 heteroatoms. The van der Waals surface area contributed by atoms with E-state index >= 15 is 0 Å². The zero-order chi connectivity index (χ0) is 20.5. The van der Waals surface area contributed by atoms with Gasteiger partial charge < -0.3 is 4.90 Å². The molecule has 1 unspecified atom stereocenters. The minimum absolute atomic E-state index is 0.0108. The number of aromatic nitrogens is 1. The number of amides is 1. The first-order chi connectivity index (χ1) is 13.1. The van der Waals surface area contributed by atoms with Crippen LogP contribution in [0.4, 0.5) is 17.6 Å². The third kappa shape index (κ3) is 4.16. The molecule has 1 amide bonds. The van der Waals surface area contributed by atoms with E-state index in [1.807, 2.05) is 0 Å². The summed E-state index contributed by atoms with van der Waals surface area (Å²) in [7, 11) is -3.71. The van der Waals surface area contributed by atoms with E-state index in [2.05, 4.69) is 4.98 Å². The lowest BCUT2D eigenvalue weighted by Gasteiger charge is -2.20. The van der Waals surface area contributed by atoms with Crippen molar-refractivity contribution in [1.29, 1.82) is 0 Å². The predicted molar refractivity (Wildman–Crippen MR) is 92.7 cm³/mol. The molecule has 3 rings (SSSR count). The number of benzene rings is 1. The second-order valence-electron chi connectivity index (χ2n) is 6.39. The molecule has 28 heavy (non-hydrogen) atoms. The zero-order valence-corrected chi connectivity index (χ0v) is 15.3. The van der Waals surface area contributed by atoms with Crippen molar-refractivity contribution in [3.05, 3.63) is 65.2 Å². The zero-order valence-electron chi connectivity index (χ0n) is 14.5. The molecule has 0 bridgehead atoms. The van der Waals surface area contributed by atoms with E-state index < -0.39 is 38.7 Å². The number of carbonyl (C=O) groups excluding carboxylic acids is 1. The van der Waals surface area contributed by atoms with Crippen molar-refractivity contribution in [2.45, 2.75) is 17.8 Å². The minimum Gasteiger partial charge on any atom is -0.338 e. The molecule has 1 aromatic heterocycles. The van der Waals surface area contributed by atoms with E-state index in [-0.39, 0.29) is 36.4 Å². The summed E-state index contributed by atoms with van der Waals surface area (Å²) >= 11 is 0. The molecule has 0 spiro atoms. The summed E-state index contributed by atoms with van der Waals surface area (Å²) in [6.07, 6.45) is -3.81. The number of hydrogen-bond acceptors (Lipinski definition) is 4. The van der Waals surface area contributed by atoms with E-state index in [4.69, 9.17) is 0 Å². The van der Waals surface area contributed by atoms with Gasteiger partial charge in [0.2, 0.25) is 0 Å². The lowest BCUT2D eigenvalue weighted by Crippen LogP contribution is -2.33. The number of pyridine rings is 1. The molecule has 1 atom stereocenters. The molecule has 0 aliphatic carbocycles. The van der Waals surface area contributed by atoms with Gasteiger partial charge in [-0.3, -0.25) is 9.78 Å². The molecular weight excluding hydrogens is 400 g/mol. The molecule has 0 N–H and O–H groups in total. The molecule has 1 saturated heterocycles. The Morgan fingerprint density at radius 2 is 1.82 bits per heavy atom. The van der Waals surface area contributed by atoms with Crippen LogP contribution in [0.5, 0.6) is 0 Å². The highest BCUT2D eigenvalue weighted by atomic mass is 32.2. The van der Waals surface area contributed by atoms with Gasteiger partial charge in [-0.1, -0.05) is 18.2 Å². The summed E-state index contributed by atoms with van der Waals surface area (Å²) in [6.45, 7) is -0.106. The van der Waals surface area contributed by atoms with Crippen LogP contribution in [0.15, 0.2) is 42.6 Å². The first kappa shape index (κ1) is 20.2. The number of halogens is 4. The summed E-state index contributed by atoms with van der Waals surface area (Å²) in [5, 5.41) is -1.09. The second-order valence-corrected chi connectivity index (χ2v) is 8.69. The molecule has 150 valence electrons. The first-order valence-electron chi connectivity index (χ1n) is 8.38. The van der Waals surface area contributed by atoms with E-state index in [0.717, 1.165) is 12.3 Å². The van der Waals surface area contributed by atoms with Crippen molar-refractivity contribution in [1.82, 2.24) is 9.88 Å². The van der Waals surface area contributed by atoms with Gasteiger partial charge in [0, 0.05) is 24.8 Å². The number of alkyl halides is 3. The topological polar surface area (TPSA) is 67.3 Å². The van der Waals surface area contributed by atoms with Gasteiger partial charge in [0.15, 0.2) is 9.84 Å². The van der Waals surface area contributed by atoms with Gasteiger partial charge in [-0.2, -0.15) is 13.2 Å². The average molecular weight is 416 g/mol. The molecule has 2 heterocycles. The third-order valence-corrected chi connectivity index (χ3v) is 6.69. The van der Waals surface area contributed by atoms with Crippen molar-refractivity contribution in [2.75, 3.05) is 18.8 Å². The summed E-state index contributed by atoms with van der Waals surface area (Å²) in [6, 6.07) is 7.27. The van der Waals surface area contributed by atoms with Gasteiger partial charge in [-0.05, 0) is 24.6 Å². The summed E-state index contributed by atoms with van der Waals surface area (Å²) in [5.74, 6) is -1.63. The average Bonchev–Trinajstić information content (AvgIpc) is 2.79. The van der Waals surface area contributed by atoms with Gasteiger partial charge in [0.05, 0.1) is 16.6 Å². The summed E-state index contributed by atoms with van der Waals surface area (Å²) < 4.78 is 77.0. The highest BCUT2D eigenvalue weighted by Gasteiger charge is 2.35. The second kappa shape index (κ2) is 7.50. The van der Waals surface area contributed by atoms with E-state index in [0.29, 0.717) is 6.07 Å². The van der Waals surface area contributed by atoms with Crippen LogP contribution < -0.4 is 0 Å². The smallest absolute Gasteiger partial charge is 0.338 e. The lowest BCUT2D eigenvalue weighted by atomic mass is 10.1. The predicted octanol–water partition coefficient (Wildman–Crippen LogP) is 3.24.